The van der Waals surface area contributed by atoms with E-state index in [1.807, 2.05) is 30.3 Å². The zero-order chi connectivity index (χ0) is 25.3. The van der Waals surface area contributed by atoms with Gasteiger partial charge in [0.2, 0.25) is 21.8 Å². The third-order valence-corrected chi connectivity index (χ3v) is 6.54. The van der Waals surface area contributed by atoms with E-state index < -0.39 is 27.7 Å². The van der Waals surface area contributed by atoms with Gasteiger partial charge in [-0.2, -0.15) is 0 Å². The first-order valence-electron chi connectivity index (χ1n) is 11.1. The number of benzene rings is 2. The maximum Gasteiger partial charge on any atom is 0.242 e. The molecule has 186 valence electrons. The molecule has 0 saturated heterocycles. The molecule has 1 unspecified atom stereocenters. The van der Waals surface area contributed by atoms with Gasteiger partial charge in [0.25, 0.3) is 0 Å². The Morgan fingerprint density at radius 2 is 1.71 bits per heavy atom. The second-order valence-corrected chi connectivity index (χ2v) is 9.84. The number of nitrogens with zero attached hydrogens (tertiary/aromatic N) is 2. The summed E-state index contributed by atoms with van der Waals surface area (Å²) in [5, 5.41) is 2.72. The van der Waals surface area contributed by atoms with E-state index in [-0.39, 0.29) is 36.9 Å². The number of carbonyl (C=O) groups excluding carboxylic acids is 2. The highest BCUT2D eigenvalue weighted by Gasteiger charge is 2.26. The van der Waals surface area contributed by atoms with Gasteiger partial charge in [-0.1, -0.05) is 30.3 Å². The Morgan fingerprint density at radius 1 is 1.03 bits per heavy atom. The smallest absolute Gasteiger partial charge is 0.242 e. The fourth-order valence-corrected chi connectivity index (χ4v) is 4.49. The van der Waals surface area contributed by atoms with Crippen LogP contribution >= 0.6 is 0 Å². The topological polar surface area (TPSA) is 86.8 Å². The van der Waals surface area contributed by atoms with Crippen molar-refractivity contribution in [3.63, 3.8) is 0 Å². The first-order chi connectivity index (χ1) is 16.0. The number of rotatable bonds is 12. The fraction of sp³-hybridized carbons (Fsp3) is 0.417. The zero-order valence-corrected chi connectivity index (χ0v) is 20.4. The number of carbonyl (C=O) groups is 2. The van der Waals surface area contributed by atoms with Gasteiger partial charge in [-0.3, -0.25) is 13.9 Å². The minimum Gasteiger partial charge on any atom is -0.355 e. The Bertz CT molecular complexity index is 1080. The molecular formula is C24H31F2N3O4S. The van der Waals surface area contributed by atoms with Gasteiger partial charge in [-0.05, 0) is 44.4 Å². The van der Waals surface area contributed by atoms with Crippen LogP contribution in [0.25, 0.3) is 0 Å². The molecule has 10 heteroatoms. The molecule has 0 aliphatic heterocycles. The first-order valence-corrected chi connectivity index (χ1v) is 12.9. The van der Waals surface area contributed by atoms with E-state index in [0.29, 0.717) is 19.5 Å². The molecule has 2 aromatic rings. The van der Waals surface area contributed by atoms with Gasteiger partial charge in [-0.15, -0.1) is 0 Å². The molecule has 2 amide bonds. The fourth-order valence-electron chi connectivity index (χ4n) is 3.54. The SMILES string of the molecule is CCNC(=O)C(C)N(CCc1ccccc1)C(=O)CCCN(c1ccc(F)c(F)c1)S(C)(=O)=O. The summed E-state index contributed by atoms with van der Waals surface area (Å²) < 4.78 is 52.3. The summed E-state index contributed by atoms with van der Waals surface area (Å²) in [5.74, 6) is -2.82. The highest BCUT2D eigenvalue weighted by Crippen LogP contribution is 2.21. The molecule has 1 atom stereocenters. The molecule has 0 heterocycles. The summed E-state index contributed by atoms with van der Waals surface area (Å²) in [6.07, 6.45) is 1.63. The van der Waals surface area contributed by atoms with E-state index in [1.165, 1.54) is 11.0 Å². The van der Waals surface area contributed by atoms with E-state index in [4.69, 9.17) is 0 Å². The molecule has 0 bridgehead atoms. The van der Waals surface area contributed by atoms with Gasteiger partial charge in [0.15, 0.2) is 11.6 Å². The quantitative estimate of drug-likeness (QED) is 0.490. The van der Waals surface area contributed by atoms with E-state index >= 15 is 0 Å². The van der Waals surface area contributed by atoms with E-state index in [2.05, 4.69) is 5.32 Å². The Labute approximate surface area is 199 Å². The third-order valence-electron chi connectivity index (χ3n) is 5.35. The number of likely N-dealkylation sites (N-methyl/N-ethyl adjacent to an activating group) is 1. The van der Waals surface area contributed by atoms with Crippen LogP contribution in [0.1, 0.15) is 32.3 Å². The average molecular weight is 496 g/mol. The largest absolute Gasteiger partial charge is 0.355 e. The number of anilines is 1. The summed E-state index contributed by atoms with van der Waals surface area (Å²) in [6.45, 7) is 4.09. The van der Waals surface area contributed by atoms with Crippen LogP contribution in [0.15, 0.2) is 48.5 Å². The molecule has 2 rings (SSSR count). The summed E-state index contributed by atoms with van der Waals surface area (Å²) in [4.78, 5) is 26.9. The Balaban J connectivity index is 2.11. The van der Waals surface area contributed by atoms with Crippen molar-refractivity contribution in [1.29, 1.82) is 0 Å². The van der Waals surface area contributed by atoms with E-state index in [1.54, 1.807) is 13.8 Å². The number of amides is 2. The molecule has 1 N–H and O–H groups in total. The number of sulfonamides is 1. The van der Waals surface area contributed by atoms with Gasteiger partial charge >= 0.3 is 0 Å². The van der Waals surface area contributed by atoms with Crippen molar-refractivity contribution in [2.45, 2.75) is 39.2 Å². The molecule has 0 saturated carbocycles. The molecule has 34 heavy (non-hydrogen) atoms. The van der Waals surface area contributed by atoms with Crippen molar-refractivity contribution < 1.29 is 26.8 Å². The summed E-state index contributed by atoms with van der Waals surface area (Å²) >= 11 is 0. The van der Waals surface area contributed by atoms with Gasteiger partial charge in [0.05, 0.1) is 11.9 Å². The number of nitrogens with one attached hydrogen (secondary N) is 1. The summed E-state index contributed by atoms with van der Waals surface area (Å²) in [5.41, 5.74) is 0.996. The van der Waals surface area contributed by atoms with Gasteiger partial charge in [-0.25, -0.2) is 17.2 Å². The maximum absolute atomic E-state index is 13.6. The minimum atomic E-state index is -3.79. The van der Waals surface area contributed by atoms with Crippen molar-refractivity contribution in [1.82, 2.24) is 10.2 Å². The lowest BCUT2D eigenvalue weighted by molar-refractivity contribution is -0.139. The highest BCUT2D eigenvalue weighted by atomic mass is 32.2. The Morgan fingerprint density at radius 3 is 2.29 bits per heavy atom. The number of hydrogen-bond donors (Lipinski definition) is 1. The lowest BCUT2D eigenvalue weighted by Crippen LogP contribution is -2.48. The van der Waals surface area contributed by atoms with E-state index in [0.717, 1.165) is 28.3 Å². The lowest BCUT2D eigenvalue weighted by Gasteiger charge is -2.29. The molecule has 0 fully saturated rings. The van der Waals surface area contributed by atoms with Gasteiger partial charge < -0.3 is 10.2 Å². The van der Waals surface area contributed by atoms with Crippen LogP contribution in [0.4, 0.5) is 14.5 Å². The van der Waals surface area contributed by atoms with Crippen LogP contribution in [-0.2, 0) is 26.0 Å². The Kier molecular flexibility index (Phi) is 9.97. The third kappa shape index (κ3) is 7.79. The predicted octanol–water partition coefficient (Wildman–Crippen LogP) is 3.11. The Hall–Kier alpha value is -3.01. The van der Waals surface area contributed by atoms with Crippen molar-refractivity contribution in [3.05, 3.63) is 65.7 Å². The minimum absolute atomic E-state index is 0.0196. The second kappa shape index (κ2) is 12.5. The normalized spacial score (nSPS) is 12.1. The van der Waals surface area contributed by atoms with Crippen LogP contribution in [0.2, 0.25) is 0 Å². The average Bonchev–Trinajstić information content (AvgIpc) is 2.78. The molecule has 0 aliphatic carbocycles. The van der Waals surface area contributed by atoms with Gasteiger partial charge in [0.1, 0.15) is 6.04 Å². The first kappa shape index (κ1) is 27.2. The summed E-state index contributed by atoms with van der Waals surface area (Å²) in [7, 11) is -3.79. The van der Waals surface area contributed by atoms with Crippen LogP contribution < -0.4 is 9.62 Å². The maximum atomic E-state index is 13.6. The standard InChI is InChI=1S/C24H31F2N3O4S/c1-4-27-24(31)18(2)28(16-14-19-9-6-5-7-10-19)23(30)11-8-15-29(34(3,32)33)20-12-13-21(25)22(26)17-20/h5-7,9-10,12-13,17-18H,4,8,11,14-16H2,1-3H3,(H,27,31). The number of hydrogen-bond acceptors (Lipinski definition) is 4. The van der Waals surface area contributed by atoms with Crippen LogP contribution in [-0.4, -0.2) is 57.1 Å². The molecular weight excluding hydrogens is 464 g/mol. The van der Waals surface area contributed by atoms with Crippen LogP contribution in [0.5, 0.6) is 0 Å². The molecule has 2 aromatic carbocycles. The number of halogens is 2. The van der Waals surface area contributed by atoms with Crippen molar-refractivity contribution >= 4 is 27.5 Å². The summed E-state index contributed by atoms with van der Waals surface area (Å²) in [6, 6.07) is 11.7. The molecule has 0 spiro atoms. The highest BCUT2D eigenvalue weighted by molar-refractivity contribution is 7.92. The molecule has 0 aliphatic rings. The van der Waals surface area contributed by atoms with Crippen molar-refractivity contribution in [3.8, 4) is 0 Å². The zero-order valence-electron chi connectivity index (χ0n) is 19.6. The molecule has 0 aromatic heterocycles. The predicted molar refractivity (Wildman–Crippen MR) is 128 cm³/mol. The van der Waals surface area contributed by atoms with Crippen molar-refractivity contribution in [2.24, 2.45) is 0 Å². The van der Waals surface area contributed by atoms with Crippen LogP contribution in [0, 0.1) is 11.6 Å². The van der Waals surface area contributed by atoms with Gasteiger partial charge in [0, 0.05) is 32.1 Å². The lowest BCUT2D eigenvalue weighted by atomic mass is 10.1. The molecule has 7 nitrogen and oxygen atoms in total. The van der Waals surface area contributed by atoms with E-state index in [9.17, 15) is 26.8 Å². The second-order valence-electron chi connectivity index (χ2n) is 7.93. The van der Waals surface area contributed by atoms with Crippen LogP contribution in [0.3, 0.4) is 0 Å². The monoisotopic (exact) mass is 495 g/mol. The molecule has 0 radical (unpaired) electrons. The van der Waals surface area contributed by atoms with Crippen molar-refractivity contribution in [2.75, 3.05) is 30.2 Å².